The second-order valence-corrected chi connectivity index (χ2v) is 5.48. The van der Waals surface area contributed by atoms with Gasteiger partial charge in [0.15, 0.2) is 0 Å². The van der Waals surface area contributed by atoms with E-state index in [4.69, 9.17) is 11.6 Å². The molecule has 1 aromatic carbocycles. The fourth-order valence-corrected chi connectivity index (χ4v) is 2.56. The van der Waals surface area contributed by atoms with Crippen molar-refractivity contribution in [1.29, 1.82) is 0 Å². The monoisotopic (exact) mass is 312 g/mol. The molecule has 0 bridgehead atoms. The van der Waals surface area contributed by atoms with E-state index >= 15 is 0 Å². The van der Waals surface area contributed by atoms with E-state index in [-0.39, 0.29) is 11.6 Å². The number of aryl methyl sites for hydroxylation is 1. The molecule has 6 heteroatoms. The lowest BCUT2D eigenvalue weighted by Crippen LogP contribution is -2.29. The van der Waals surface area contributed by atoms with Crippen molar-refractivity contribution in [3.8, 4) is 0 Å². The first-order valence-corrected chi connectivity index (χ1v) is 7.62. The number of hydrogen-bond acceptors (Lipinski definition) is 3. The minimum absolute atomic E-state index is 0.0255. The SMILES string of the molecule is CCCC(CCCl)CNC(=O)c1ccc([N+](=O)[O-])c(C)c1. The fourth-order valence-electron chi connectivity index (χ4n) is 2.25. The molecule has 0 aliphatic heterocycles. The van der Waals surface area contributed by atoms with Crippen molar-refractivity contribution in [2.24, 2.45) is 5.92 Å². The Bertz CT molecular complexity index is 500. The maximum atomic E-state index is 12.1. The molecule has 0 aliphatic rings. The van der Waals surface area contributed by atoms with E-state index in [1.54, 1.807) is 13.0 Å². The number of amides is 1. The highest BCUT2D eigenvalue weighted by atomic mass is 35.5. The van der Waals surface area contributed by atoms with Crippen LogP contribution in [-0.4, -0.2) is 23.3 Å². The molecule has 1 rings (SSSR count). The number of halogens is 1. The minimum atomic E-state index is -0.450. The fraction of sp³-hybridized carbons (Fsp3) is 0.533. The van der Waals surface area contributed by atoms with E-state index < -0.39 is 4.92 Å². The van der Waals surface area contributed by atoms with Gasteiger partial charge in [0.25, 0.3) is 11.6 Å². The lowest BCUT2D eigenvalue weighted by Gasteiger charge is -2.15. The maximum absolute atomic E-state index is 12.1. The predicted molar refractivity (Wildman–Crippen MR) is 83.9 cm³/mol. The number of nitrogens with zero attached hydrogens (tertiary/aromatic N) is 1. The molecule has 0 heterocycles. The molecule has 5 nitrogen and oxygen atoms in total. The Morgan fingerprint density at radius 3 is 2.67 bits per heavy atom. The molecule has 0 radical (unpaired) electrons. The van der Waals surface area contributed by atoms with Crippen LogP contribution in [0.1, 0.15) is 42.1 Å². The van der Waals surface area contributed by atoms with E-state index in [9.17, 15) is 14.9 Å². The van der Waals surface area contributed by atoms with Crippen LogP contribution >= 0.6 is 11.6 Å². The molecule has 0 fully saturated rings. The van der Waals surface area contributed by atoms with Crippen molar-refractivity contribution < 1.29 is 9.72 Å². The van der Waals surface area contributed by atoms with Gasteiger partial charge >= 0.3 is 0 Å². The normalized spacial score (nSPS) is 12.0. The number of carbonyl (C=O) groups excluding carboxylic acids is 1. The summed E-state index contributed by atoms with van der Waals surface area (Å²) in [6.07, 6.45) is 2.94. The van der Waals surface area contributed by atoms with Crippen molar-refractivity contribution >= 4 is 23.2 Å². The molecule has 0 spiro atoms. The Hall–Kier alpha value is -1.62. The second-order valence-electron chi connectivity index (χ2n) is 5.10. The van der Waals surface area contributed by atoms with Crippen LogP contribution in [0.5, 0.6) is 0 Å². The Morgan fingerprint density at radius 2 is 2.14 bits per heavy atom. The highest BCUT2D eigenvalue weighted by Gasteiger charge is 2.15. The molecule has 1 atom stereocenters. The standard InChI is InChI=1S/C15H21ClN2O3/c1-3-4-12(7-8-16)10-17-15(19)13-5-6-14(18(20)21)11(2)9-13/h5-6,9,12H,3-4,7-8,10H2,1-2H3,(H,17,19). The zero-order chi connectivity index (χ0) is 15.8. The third kappa shape index (κ3) is 5.34. The lowest BCUT2D eigenvalue weighted by atomic mass is 10.0. The van der Waals surface area contributed by atoms with Crippen LogP contribution in [0.3, 0.4) is 0 Å². The summed E-state index contributed by atoms with van der Waals surface area (Å²) in [7, 11) is 0. The Morgan fingerprint density at radius 1 is 1.43 bits per heavy atom. The first-order chi connectivity index (χ1) is 9.99. The van der Waals surface area contributed by atoms with Crippen molar-refractivity contribution in [2.75, 3.05) is 12.4 Å². The van der Waals surface area contributed by atoms with Gasteiger partial charge in [-0.05, 0) is 37.8 Å². The topological polar surface area (TPSA) is 72.2 Å². The zero-order valence-electron chi connectivity index (χ0n) is 12.4. The van der Waals surface area contributed by atoms with Crippen LogP contribution < -0.4 is 5.32 Å². The number of alkyl halides is 1. The van der Waals surface area contributed by atoms with E-state index in [0.717, 1.165) is 19.3 Å². The van der Waals surface area contributed by atoms with E-state index in [1.165, 1.54) is 12.1 Å². The van der Waals surface area contributed by atoms with E-state index in [1.807, 2.05) is 0 Å². The van der Waals surface area contributed by atoms with Gasteiger partial charge in [-0.2, -0.15) is 0 Å². The quantitative estimate of drug-likeness (QED) is 0.452. The minimum Gasteiger partial charge on any atom is -0.352 e. The molecule has 116 valence electrons. The summed E-state index contributed by atoms with van der Waals surface area (Å²) in [6.45, 7) is 4.31. The molecule has 0 aromatic heterocycles. The van der Waals surface area contributed by atoms with Crippen LogP contribution in [0, 0.1) is 23.0 Å². The maximum Gasteiger partial charge on any atom is 0.272 e. The van der Waals surface area contributed by atoms with Gasteiger partial charge in [-0.1, -0.05) is 13.3 Å². The van der Waals surface area contributed by atoms with Gasteiger partial charge in [-0.15, -0.1) is 11.6 Å². The number of benzene rings is 1. The summed E-state index contributed by atoms with van der Waals surface area (Å²) in [6, 6.07) is 4.40. The first-order valence-electron chi connectivity index (χ1n) is 7.08. The van der Waals surface area contributed by atoms with Gasteiger partial charge in [0.05, 0.1) is 4.92 Å². The van der Waals surface area contributed by atoms with E-state index in [0.29, 0.717) is 29.5 Å². The van der Waals surface area contributed by atoms with Crippen LogP contribution in [0.15, 0.2) is 18.2 Å². The molecule has 0 saturated carbocycles. The molecule has 0 aliphatic carbocycles. The number of carbonyl (C=O) groups is 1. The Labute approximate surface area is 129 Å². The molecule has 1 unspecified atom stereocenters. The number of hydrogen-bond donors (Lipinski definition) is 1. The summed E-state index contributed by atoms with van der Waals surface area (Å²) in [4.78, 5) is 22.4. The predicted octanol–water partition coefficient (Wildman–Crippen LogP) is 3.68. The summed E-state index contributed by atoms with van der Waals surface area (Å²) in [5.74, 6) is 0.747. The largest absolute Gasteiger partial charge is 0.352 e. The van der Waals surface area contributed by atoms with Gasteiger partial charge in [0.1, 0.15) is 0 Å². The third-order valence-electron chi connectivity index (χ3n) is 3.42. The van der Waals surface area contributed by atoms with Crippen molar-refractivity contribution in [3.05, 3.63) is 39.4 Å². The Kier molecular flexibility index (Phi) is 7.15. The molecular formula is C15H21ClN2O3. The highest BCUT2D eigenvalue weighted by Crippen LogP contribution is 2.19. The van der Waals surface area contributed by atoms with Gasteiger partial charge in [0.2, 0.25) is 0 Å². The smallest absolute Gasteiger partial charge is 0.272 e. The number of nitrogens with one attached hydrogen (secondary N) is 1. The van der Waals surface area contributed by atoms with Crippen LogP contribution in [-0.2, 0) is 0 Å². The molecule has 0 saturated heterocycles. The lowest BCUT2D eigenvalue weighted by molar-refractivity contribution is -0.385. The highest BCUT2D eigenvalue weighted by molar-refractivity contribution is 6.17. The molecule has 1 aromatic rings. The second kappa shape index (κ2) is 8.62. The third-order valence-corrected chi connectivity index (χ3v) is 3.64. The zero-order valence-corrected chi connectivity index (χ0v) is 13.2. The van der Waals surface area contributed by atoms with Crippen molar-refractivity contribution in [3.63, 3.8) is 0 Å². The average Bonchev–Trinajstić information content (AvgIpc) is 2.44. The first kappa shape index (κ1) is 17.4. The van der Waals surface area contributed by atoms with Gasteiger partial charge in [-0.25, -0.2) is 0 Å². The summed E-state index contributed by atoms with van der Waals surface area (Å²) < 4.78 is 0. The van der Waals surface area contributed by atoms with Gasteiger partial charge in [-0.3, -0.25) is 14.9 Å². The Balaban J connectivity index is 2.67. The summed E-state index contributed by atoms with van der Waals surface area (Å²) in [5.41, 5.74) is 0.954. The van der Waals surface area contributed by atoms with Crippen molar-refractivity contribution in [1.82, 2.24) is 5.32 Å². The molecular weight excluding hydrogens is 292 g/mol. The van der Waals surface area contributed by atoms with Gasteiger partial charge < -0.3 is 5.32 Å². The molecule has 1 amide bonds. The van der Waals surface area contributed by atoms with Crippen molar-refractivity contribution in [2.45, 2.75) is 33.1 Å². The summed E-state index contributed by atoms with van der Waals surface area (Å²) >= 11 is 5.76. The molecule has 1 N–H and O–H groups in total. The van der Waals surface area contributed by atoms with E-state index in [2.05, 4.69) is 12.2 Å². The van der Waals surface area contributed by atoms with Crippen LogP contribution in [0.2, 0.25) is 0 Å². The van der Waals surface area contributed by atoms with Crippen LogP contribution in [0.25, 0.3) is 0 Å². The summed E-state index contributed by atoms with van der Waals surface area (Å²) in [5, 5.41) is 13.6. The number of nitro groups is 1. The van der Waals surface area contributed by atoms with Gasteiger partial charge in [0, 0.05) is 29.6 Å². The molecule has 21 heavy (non-hydrogen) atoms. The average molecular weight is 313 g/mol. The number of nitro benzene ring substituents is 1. The van der Waals surface area contributed by atoms with Crippen LogP contribution in [0.4, 0.5) is 5.69 Å². The number of rotatable bonds is 8.